The summed E-state index contributed by atoms with van der Waals surface area (Å²) in [6.45, 7) is 2.68. The Kier molecular flexibility index (Phi) is 6.01. The van der Waals surface area contributed by atoms with Gasteiger partial charge in [0, 0.05) is 30.3 Å². The third kappa shape index (κ3) is 4.68. The number of carbonyl (C=O) groups excluding carboxylic acids is 1. The van der Waals surface area contributed by atoms with Gasteiger partial charge in [-0.1, -0.05) is 11.6 Å². The van der Waals surface area contributed by atoms with Crippen molar-refractivity contribution >= 4 is 23.3 Å². The van der Waals surface area contributed by atoms with Gasteiger partial charge in [0.1, 0.15) is 11.9 Å². The van der Waals surface area contributed by atoms with E-state index >= 15 is 0 Å². The first-order valence-corrected chi connectivity index (χ1v) is 9.04. The monoisotopic (exact) mass is 374 g/mol. The van der Waals surface area contributed by atoms with Crippen LogP contribution in [0.2, 0.25) is 5.02 Å². The molecule has 1 heterocycles. The molecule has 0 amide bonds. The van der Waals surface area contributed by atoms with Crippen molar-refractivity contribution in [1.82, 2.24) is 4.90 Å². The summed E-state index contributed by atoms with van der Waals surface area (Å²) in [6.07, 6.45) is 2.06. The van der Waals surface area contributed by atoms with E-state index < -0.39 is 0 Å². The maximum atomic E-state index is 11.5. The first-order chi connectivity index (χ1) is 12.5. The van der Waals surface area contributed by atoms with Gasteiger partial charge in [0.15, 0.2) is 0 Å². The smallest absolute Gasteiger partial charge is 0.337 e. The van der Waals surface area contributed by atoms with Crippen LogP contribution in [-0.4, -0.2) is 37.2 Å². The van der Waals surface area contributed by atoms with Gasteiger partial charge in [0.2, 0.25) is 0 Å². The van der Waals surface area contributed by atoms with E-state index in [4.69, 9.17) is 26.8 Å². The lowest BCUT2D eigenvalue weighted by molar-refractivity contribution is 0.0600. The second kappa shape index (κ2) is 8.43. The molecular weight excluding hydrogens is 352 g/mol. The predicted molar refractivity (Wildman–Crippen MR) is 103 cm³/mol. The third-order valence-electron chi connectivity index (χ3n) is 4.58. The average Bonchev–Trinajstić information content (AvgIpc) is 2.66. The fourth-order valence-electron chi connectivity index (χ4n) is 3.12. The van der Waals surface area contributed by atoms with Crippen LogP contribution in [0.1, 0.15) is 28.8 Å². The quantitative estimate of drug-likeness (QED) is 0.637. The lowest BCUT2D eigenvalue weighted by Crippen LogP contribution is -2.37. The van der Waals surface area contributed by atoms with E-state index in [1.54, 1.807) is 12.1 Å². The Hall–Kier alpha value is -2.24. The number of nitrogen functional groups attached to an aromatic ring is 1. The molecular formula is C20H23ClN2O3. The summed E-state index contributed by atoms with van der Waals surface area (Å²) < 4.78 is 10.7. The molecule has 0 aliphatic carbocycles. The average molecular weight is 375 g/mol. The van der Waals surface area contributed by atoms with Crippen molar-refractivity contribution in [2.75, 3.05) is 25.9 Å². The van der Waals surface area contributed by atoms with Crippen molar-refractivity contribution in [2.24, 2.45) is 0 Å². The lowest BCUT2D eigenvalue weighted by atomic mass is 10.1. The van der Waals surface area contributed by atoms with Crippen LogP contribution in [0.5, 0.6) is 5.75 Å². The molecule has 6 heteroatoms. The fourth-order valence-corrected chi connectivity index (χ4v) is 3.30. The number of likely N-dealkylation sites (tertiary alicyclic amines) is 1. The van der Waals surface area contributed by atoms with Crippen molar-refractivity contribution < 1.29 is 14.3 Å². The van der Waals surface area contributed by atoms with Crippen LogP contribution in [0.25, 0.3) is 0 Å². The molecule has 0 saturated carbocycles. The maximum absolute atomic E-state index is 11.5. The van der Waals surface area contributed by atoms with Crippen LogP contribution in [0.3, 0.4) is 0 Å². The molecule has 2 N–H and O–H groups in total. The van der Waals surface area contributed by atoms with E-state index in [1.165, 1.54) is 7.11 Å². The van der Waals surface area contributed by atoms with Gasteiger partial charge in [0.25, 0.3) is 0 Å². The summed E-state index contributed by atoms with van der Waals surface area (Å²) in [5.74, 6) is 0.431. The molecule has 138 valence electrons. The minimum Gasteiger partial charge on any atom is -0.490 e. The van der Waals surface area contributed by atoms with Crippen LogP contribution in [0.15, 0.2) is 42.5 Å². The summed E-state index contributed by atoms with van der Waals surface area (Å²) in [5.41, 5.74) is 8.17. The zero-order valence-electron chi connectivity index (χ0n) is 14.8. The largest absolute Gasteiger partial charge is 0.490 e. The second-order valence-corrected chi connectivity index (χ2v) is 6.87. The molecule has 0 bridgehead atoms. The van der Waals surface area contributed by atoms with Crippen molar-refractivity contribution in [3.63, 3.8) is 0 Å². The zero-order valence-corrected chi connectivity index (χ0v) is 15.5. The molecule has 0 radical (unpaired) electrons. The van der Waals surface area contributed by atoms with Gasteiger partial charge in [-0.15, -0.1) is 0 Å². The summed E-state index contributed by atoms with van der Waals surface area (Å²) in [5, 5.41) is 0.753. The van der Waals surface area contributed by atoms with E-state index in [9.17, 15) is 4.79 Å². The van der Waals surface area contributed by atoms with Gasteiger partial charge in [-0.25, -0.2) is 4.79 Å². The van der Waals surface area contributed by atoms with Gasteiger partial charge in [0.05, 0.1) is 12.7 Å². The number of halogens is 1. The van der Waals surface area contributed by atoms with Crippen LogP contribution in [-0.2, 0) is 11.3 Å². The number of piperidine rings is 1. The second-order valence-electron chi connectivity index (χ2n) is 6.46. The highest BCUT2D eigenvalue weighted by atomic mass is 35.5. The number of carbonyl (C=O) groups is 1. The number of methoxy groups -OCH3 is 1. The highest BCUT2D eigenvalue weighted by Gasteiger charge is 2.21. The summed E-state index contributed by atoms with van der Waals surface area (Å²) in [6, 6.07) is 12.7. The predicted octanol–water partition coefficient (Wildman–Crippen LogP) is 3.75. The van der Waals surface area contributed by atoms with Gasteiger partial charge in [-0.3, -0.25) is 4.90 Å². The minimum absolute atomic E-state index is 0.173. The molecule has 1 fully saturated rings. The SMILES string of the molecule is COC(=O)c1ccc(OC2CCN(Cc3cc(N)ccc3Cl)CC2)cc1. The first kappa shape index (κ1) is 18.5. The number of nitrogens with zero attached hydrogens (tertiary/aromatic N) is 1. The molecule has 2 aromatic carbocycles. The topological polar surface area (TPSA) is 64.8 Å². The van der Waals surface area contributed by atoms with Gasteiger partial charge >= 0.3 is 5.97 Å². The number of hydrogen-bond acceptors (Lipinski definition) is 5. The highest BCUT2D eigenvalue weighted by molar-refractivity contribution is 6.31. The van der Waals surface area contributed by atoms with E-state index in [2.05, 4.69) is 4.90 Å². The molecule has 1 aliphatic rings. The van der Waals surface area contributed by atoms with E-state index in [-0.39, 0.29) is 12.1 Å². The number of anilines is 1. The highest BCUT2D eigenvalue weighted by Crippen LogP contribution is 2.24. The molecule has 5 nitrogen and oxygen atoms in total. The van der Waals surface area contributed by atoms with Crippen molar-refractivity contribution in [3.8, 4) is 5.75 Å². The molecule has 0 spiro atoms. The van der Waals surface area contributed by atoms with Gasteiger partial charge in [-0.05, 0) is 60.9 Å². The maximum Gasteiger partial charge on any atom is 0.337 e. The number of hydrogen-bond donors (Lipinski definition) is 1. The summed E-state index contributed by atoms with van der Waals surface area (Å²) in [4.78, 5) is 13.8. The zero-order chi connectivity index (χ0) is 18.5. The Bertz CT molecular complexity index is 756. The Morgan fingerprint density at radius 3 is 2.54 bits per heavy atom. The Morgan fingerprint density at radius 1 is 1.19 bits per heavy atom. The minimum atomic E-state index is -0.343. The van der Waals surface area contributed by atoms with Crippen molar-refractivity contribution in [1.29, 1.82) is 0 Å². The van der Waals surface area contributed by atoms with E-state index in [0.717, 1.165) is 54.5 Å². The van der Waals surface area contributed by atoms with Crippen LogP contribution < -0.4 is 10.5 Å². The molecule has 0 unspecified atom stereocenters. The molecule has 0 aromatic heterocycles. The molecule has 0 atom stereocenters. The lowest BCUT2D eigenvalue weighted by Gasteiger charge is -2.32. The van der Waals surface area contributed by atoms with E-state index in [0.29, 0.717) is 5.56 Å². The number of esters is 1. The Labute approximate surface area is 158 Å². The number of nitrogens with two attached hydrogens (primary N) is 1. The molecule has 26 heavy (non-hydrogen) atoms. The molecule has 1 aliphatic heterocycles. The summed E-state index contributed by atoms with van der Waals surface area (Å²) >= 11 is 6.26. The van der Waals surface area contributed by atoms with Crippen LogP contribution in [0.4, 0.5) is 5.69 Å². The molecule has 2 aromatic rings. The van der Waals surface area contributed by atoms with Crippen molar-refractivity contribution in [2.45, 2.75) is 25.5 Å². The molecule has 1 saturated heterocycles. The Balaban J connectivity index is 1.50. The molecule has 3 rings (SSSR count). The number of rotatable bonds is 5. The normalized spacial score (nSPS) is 15.6. The summed E-state index contributed by atoms with van der Waals surface area (Å²) in [7, 11) is 1.37. The fraction of sp³-hybridized carbons (Fsp3) is 0.350. The Morgan fingerprint density at radius 2 is 1.88 bits per heavy atom. The third-order valence-corrected chi connectivity index (χ3v) is 4.95. The number of ether oxygens (including phenoxy) is 2. The van der Waals surface area contributed by atoms with Gasteiger partial charge < -0.3 is 15.2 Å². The van der Waals surface area contributed by atoms with Crippen LogP contribution >= 0.6 is 11.6 Å². The van der Waals surface area contributed by atoms with Crippen molar-refractivity contribution in [3.05, 3.63) is 58.6 Å². The standard InChI is InChI=1S/C20H23ClN2O3/c1-25-20(24)14-2-5-17(6-3-14)26-18-8-10-23(11-9-18)13-15-12-16(22)4-7-19(15)21/h2-7,12,18H,8-11,13,22H2,1H3. The van der Waals surface area contributed by atoms with Crippen LogP contribution in [0, 0.1) is 0 Å². The first-order valence-electron chi connectivity index (χ1n) is 8.66. The van der Waals surface area contributed by atoms with Gasteiger partial charge in [-0.2, -0.15) is 0 Å². The number of benzene rings is 2. The van der Waals surface area contributed by atoms with E-state index in [1.807, 2.05) is 30.3 Å².